The minimum absolute atomic E-state index is 0. The third-order valence-electron chi connectivity index (χ3n) is 2.15. The number of nitrogens with zero attached hydrogens (tertiary/aromatic N) is 2. The molecule has 0 unspecified atom stereocenters. The number of aliphatic carboxylic acids is 4. The van der Waals surface area contributed by atoms with Crippen molar-refractivity contribution in [2.24, 2.45) is 0 Å². The SMILES string of the molecule is O.O=C([O-])CN(CCN(CC(=O)[O-])CC(=O)O)CC(=O)[O-].[Fe+2].[Na+]. The molecule has 0 amide bonds. The second-order valence-corrected chi connectivity index (χ2v) is 3.93. The number of carbonyl (C=O) groups excluding carboxylic acids is 3. The first-order valence-corrected chi connectivity index (χ1v) is 5.46. The van der Waals surface area contributed by atoms with Crippen LogP contribution in [0.5, 0.6) is 0 Å². The van der Waals surface area contributed by atoms with Crippen LogP contribution in [0.1, 0.15) is 0 Å². The van der Waals surface area contributed by atoms with E-state index in [4.69, 9.17) is 5.11 Å². The van der Waals surface area contributed by atoms with Gasteiger partial charge in [0.25, 0.3) is 0 Å². The Bertz CT molecular complexity index is 329. The average molecular weight is 386 g/mol. The molecule has 13 heteroatoms. The Morgan fingerprint density at radius 2 is 1.00 bits per heavy atom. The second-order valence-electron chi connectivity index (χ2n) is 3.93. The molecule has 0 aromatic heterocycles. The molecule has 0 aliphatic heterocycles. The van der Waals surface area contributed by atoms with Crippen molar-refractivity contribution in [3.8, 4) is 0 Å². The van der Waals surface area contributed by atoms with Crippen LogP contribution >= 0.6 is 0 Å². The van der Waals surface area contributed by atoms with Gasteiger partial charge in [0.05, 0.1) is 24.5 Å². The van der Waals surface area contributed by atoms with E-state index in [1.165, 1.54) is 0 Å². The maximum absolute atomic E-state index is 10.5. The predicted octanol–water partition coefficient (Wildman–Crippen LogP) is -9.90. The van der Waals surface area contributed by atoms with Crippen LogP contribution in [0.4, 0.5) is 0 Å². The first-order valence-electron chi connectivity index (χ1n) is 5.46. The van der Waals surface area contributed by atoms with E-state index in [2.05, 4.69) is 0 Å². The van der Waals surface area contributed by atoms with Crippen molar-refractivity contribution in [2.75, 3.05) is 39.3 Å². The molecule has 0 fully saturated rings. The molecule has 0 atom stereocenters. The minimum atomic E-state index is -1.52. The summed E-state index contributed by atoms with van der Waals surface area (Å²) in [5, 5.41) is 39.8. The fourth-order valence-electron chi connectivity index (χ4n) is 1.45. The molecule has 3 N–H and O–H groups in total. The summed E-state index contributed by atoms with van der Waals surface area (Å²) in [6, 6.07) is 0. The molecule has 23 heavy (non-hydrogen) atoms. The van der Waals surface area contributed by atoms with Gasteiger partial charge in [0.15, 0.2) is 0 Å². The molecule has 0 saturated carbocycles. The van der Waals surface area contributed by atoms with Crippen LogP contribution in [-0.2, 0) is 36.2 Å². The van der Waals surface area contributed by atoms with Crippen molar-refractivity contribution in [3.63, 3.8) is 0 Å². The molecular formula is C10H15FeN2NaO9. The Labute approximate surface area is 164 Å². The van der Waals surface area contributed by atoms with E-state index in [0.29, 0.717) is 0 Å². The Hall–Kier alpha value is -0.721. The van der Waals surface area contributed by atoms with E-state index < -0.39 is 50.1 Å². The summed E-state index contributed by atoms with van der Waals surface area (Å²) in [6.45, 7) is -3.00. The Kier molecular flexibility index (Phi) is 21.2. The summed E-state index contributed by atoms with van der Waals surface area (Å²) < 4.78 is 0. The summed E-state index contributed by atoms with van der Waals surface area (Å²) in [5.41, 5.74) is 0. The van der Waals surface area contributed by atoms with Gasteiger partial charge in [-0.15, -0.1) is 0 Å². The smallest absolute Gasteiger partial charge is 0.549 e. The van der Waals surface area contributed by atoms with E-state index in [-0.39, 0.29) is 65.2 Å². The Morgan fingerprint density at radius 1 is 0.739 bits per heavy atom. The molecule has 0 spiro atoms. The maximum atomic E-state index is 10.5. The van der Waals surface area contributed by atoms with Gasteiger partial charge in [-0.05, 0) is 0 Å². The first kappa shape index (κ1) is 30.2. The number of carboxylic acid groups (broad SMARTS) is 4. The van der Waals surface area contributed by atoms with E-state index in [9.17, 15) is 34.5 Å². The number of carbonyl (C=O) groups is 4. The van der Waals surface area contributed by atoms with Gasteiger partial charge >= 0.3 is 52.6 Å². The van der Waals surface area contributed by atoms with Gasteiger partial charge in [-0.1, -0.05) is 0 Å². The van der Waals surface area contributed by atoms with Crippen LogP contribution in [0.2, 0.25) is 0 Å². The van der Waals surface area contributed by atoms with Crippen LogP contribution in [0.3, 0.4) is 0 Å². The summed E-state index contributed by atoms with van der Waals surface area (Å²) in [5.74, 6) is -5.82. The van der Waals surface area contributed by atoms with Crippen molar-refractivity contribution in [2.45, 2.75) is 0 Å². The number of hydrogen-bond donors (Lipinski definition) is 1. The fraction of sp³-hybridized carbons (Fsp3) is 0.600. The molecule has 0 aromatic carbocycles. The second kappa shape index (κ2) is 16.1. The topological polar surface area (TPSA) is 196 Å². The Balaban J connectivity index is -0.000000602. The van der Waals surface area contributed by atoms with Crippen molar-refractivity contribution in [1.29, 1.82) is 0 Å². The summed E-state index contributed by atoms with van der Waals surface area (Å²) in [4.78, 5) is 43.7. The van der Waals surface area contributed by atoms with Crippen molar-refractivity contribution < 1.29 is 91.7 Å². The van der Waals surface area contributed by atoms with Crippen LogP contribution in [0.25, 0.3) is 0 Å². The molecule has 0 aliphatic rings. The molecule has 11 nitrogen and oxygen atoms in total. The number of carboxylic acids is 4. The molecule has 0 radical (unpaired) electrons. The molecular weight excluding hydrogens is 371 g/mol. The summed E-state index contributed by atoms with van der Waals surface area (Å²) in [7, 11) is 0. The Morgan fingerprint density at radius 3 is 1.22 bits per heavy atom. The van der Waals surface area contributed by atoms with Crippen molar-refractivity contribution in [3.05, 3.63) is 0 Å². The number of hydrogen-bond acceptors (Lipinski definition) is 9. The van der Waals surface area contributed by atoms with Gasteiger partial charge in [0.2, 0.25) is 0 Å². The van der Waals surface area contributed by atoms with Crippen LogP contribution < -0.4 is 44.9 Å². The van der Waals surface area contributed by atoms with Gasteiger partial charge in [-0.2, -0.15) is 0 Å². The van der Waals surface area contributed by atoms with Crippen LogP contribution in [0, 0.1) is 0 Å². The third-order valence-corrected chi connectivity index (χ3v) is 2.15. The normalized spacial score (nSPS) is 9.30. The fourth-order valence-corrected chi connectivity index (χ4v) is 1.45. The van der Waals surface area contributed by atoms with Gasteiger partial charge in [0.1, 0.15) is 0 Å². The van der Waals surface area contributed by atoms with Crippen LogP contribution in [-0.4, -0.2) is 83.5 Å². The molecule has 0 aromatic rings. The third kappa shape index (κ3) is 19.2. The maximum Gasteiger partial charge on any atom is 2.00 e. The zero-order valence-corrected chi connectivity index (χ0v) is 15.4. The van der Waals surface area contributed by atoms with E-state index in [1.54, 1.807) is 0 Å². The summed E-state index contributed by atoms with van der Waals surface area (Å²) in [6.07, 6.45) is 0. The van der Waals surface area contributed by atoms with Crippen molar-refractivity contribution >= 4 is 23.9 Å². The largest absolute Gasteiger partial charge is 2.00 e. The minimum Gasteiger partial charge on any atom is -0.549 e. The van der Waals surface area contributed by atoms with Crippen molar-refractivity contribution in [1.82, 2.24) is 9.80 Å². The monoisotopic (exact) mass is 386 g/mol. The molecule has 0 bridgehead atoms. The van der Waals surface area contributed by atoms with Gasteiger partial charge < -0.3 is 40.3 Å². The van der Waals surface area contributed by atoms with Gasteiger partial charge in [0, 0.05) is 32.7 Å². The molecule has 0 rings (SSSR count). The molecule has 128 valence electrons. The number of rotatable bonds is 11. The average Bonchev–Trinajstić information content (AvgIpc) is 2.22. The van der Waals surface area contributed by atoms with E-state index in [0.717, 1.165) is 9.80 Å². The molecule has 0 heterocycles. The molecule has 0 aliphatic carbocycles. The zero-order chi connectivity index (χ0) is 15.7. The van der Waals surface area contributed by atoms with Gasteiger partial charge in [-0.3, -0.25) is 14.6 Å². The zero-order valence-electron chi connectivity index (χ0n) is 12.3. The first-order chi connectivity index (χ1) is 9.20. The van der Waals surface area contributed by atoms with Gasteiger partial charge in [-0.25, -0.2) is 0 Å². The summed E-state index contributed by atoms with van der Waals surface area (Å²) >= 11 is 0. The van der Waals surface area contributed by atoms with Crippen LogP contribution in [0.15, 0.2) is 0 Å². The van der Waals surface area contributed by atoms with E-state index >= 15 is 0 Å². The van der Waals surface area contributed by atoms with E-state index in [1.807, 2.05) is 0 Å². The molecule has 0 saturated heterocycles. The quantitative estimate of drug-likeness (QED) is 0.333. The standard InChI is InChI=1S/C10H16N2O8.Fe.Na.H2O/c13-7(14)3-11(4-8(15)16)1-2-12(5-9(17)18)6-10(19)20;;;/h1-6H2,(H,13,14)(H,15,16)(H,17,18)(H,19,20);;;1H2/q;+2;+1;/p-3. The predicted molar refractivity (Wildman–Crippen MR) is 59.2 cm³/mol.